The Hall–Kier alpha value is -2.40. The molecular formula is C16H17ClN2O3. The van der Waals surface area contributed by atoms with Crippen molar-refractivity contribution in [3.05, 3.63) is 53.6 Å². The molecule has 116 valence electrons. The third-order valence-electron chi connectivity index (χ3n) is 2.69. The Morgan fingerprint density at radius 2 is 1.82 bits per heavy atom. The van der Waals surface area contributed by atoms with Gasteiger partial charge in [0.1, 0.15) is 0 Å². The van der Waals surface area contributed by atoms with Crippen LogP contribution in [0.3, 0.4) is 0 Å². The maximum atomic E-state index is 11.7. The molecule has 2 amide bonds. The van der Waals surface area contributed by atoms with Gasteiger partial charge in [-0.3, -0.25) is 0 Å². The zero-order chi connectivity index (χ0) is 15.8. The lowest BCUT2D eigenvalue weighted by Crippen LogP contribution is -2.32. The lowest BCUT2D eigenvalue weighted by Gasteiger charge is -2.12. The van der Waals surface area contributed by atoms with Gasteiger partial charge in [-0.25, -0.2) is 4.79 Å². The van der Waals surface area contributed by atoms with Crippen molar-refractivity contribution in [3.8, 4) is 11.5 Å². The predicted octanol–water partition coefficient (Wildman–Crippen LogP) is 3.90. The summed E-state index contributed by atoms with van der Waals surface area (Å²) in [5.41, 5.74) is 0.611. The highest BCUT2D eigenvalue weighted by molar-refractivity contribution is 6.30. The Morgan fingerprint density at radius 3 is 2.50 bits per heavy atom. The predicted molar refractivity (Wildman–Crippen MR) is 86.7 cm³/mol. The van der Waals surface area contributed by atoms with Gasteiger partial charge in [-0.05, 0) is 37.3 Å². The van der Waals surface area contributed by atoms with E-state index in [4.69, 9.17) is 21.1 Å². The highest BCUT2D eigenvalue weighted by atomic mass is 35.5. The van der Waals surface area contributed by atoms with Crippen molar-refractivity contribution in [1.29, 1.82) is 0 Å². The highest BCUT2D eigenvalue weighted by Gasteiger charge is 2.05. The first-order chi connectivity index (χ1) is 10.7. The average Bonchev–Trinajstić information content (AvgIpc) is 2.49. The van der Waals surface area contributed by atoms with Crippen LogP contribution in [0.4, 0.5) is 10.5 Å². The maximum absolute atomic E-state index is 11.7. The van der Waals surface area contributed by atoms with Crippen LogP contribution in [0, 0.1) is 0 Å². The molecule has 0 saturated carbocycles. The van der Waals surface area contributed by atoms with Crippen LogP contribution in [0.1, 0.15) is 6.92 Å². The molecule has 0 bridgehead atoms. The van der Waals surface area contributed by atoms with E-state index in [2.05, 4.69) is 10.6 Å². The SMILES string of the molecule is CCOc1ccccc1OCNC(=O)Nc1cccc(Cl)c1. The van der Waals surface area contributed by atoms with Gasteiger partial charge in [0.05, 0.1) is 6.61 Å². The van der Waals surface area contributed by atoms with E-state index in [1.807, 2.05) is 25.1 Å². The molecule has 0 saturated heterocycles. The van der Waals surface area contributed by atoms with Crippen molar-refractivity contribution in [1.82, 2.24) is 5.32 Å². The third kappa shape index (κ3) is 4.86. The second-order valence-corrected chi connectivity index (χ2v) is 4.75. The highest BCUT2D eigenvalue weighted by Crippen LogP contribution is 2.25. The molecule has 0 radical (unpaired) electrons. The van der Waals surface area contributed by atoms with Crippen molar-refractivity contribution in [2.24, 2.45) is 0 Å². The fourth-order valence-electron chi connectivity index (χ4n) is 1.77. The van der Waals surface area contributed by atoms with Gasteiger partial charge in [0.15, 0.2) is 18.2 Å². The molecular weight excluding hydrogens is 304 g/mol. The van der Waals surface area contributed by atoms with E-state index in [0.29, 0.717) is 28.8 Å². The minimum atomic E-state index is -0.379. The number of amides is 2. The molecule has 2 aromatic carbocycles. The number of halogens is 1. The van der Waals surface area contributed by atoms with Crippen LogP contribution in [0.25, 0.3) is 0 Å². The Kier molecular flexibility index (Phi) is 5.91. The largest absolute Gasteiger partial charge is 0.490 e. The quantitative estimate of drug-likeness (QED) is 0.794. The van der Waals surface area contributed by atoms with Crippen LogP contribution in [0.15, 0.2) is 48.5 Å². The number of benzene rings is 2. The van der Waals surface area contributed by atoms with E-state index in [9.17, 15) is 4.79 Å². The summed E-state index contributed by atoms with van der Waals surface area (Å²) in [4.78, 5) is 11.7. The Balaban J connectivity index is 1.82. The maximum Gasteiger partial charge on any atom is 0.321 e. The summed E-state index contributed by atoms with van der Waals surface area (Å²) in [5.74, 6) is 1.22. The molecule has 0 atom stereocenters. The lowest BCUT2D eigenvalue weighted by atomic mass is 10.3. The van der Waals surface area contributed by atoms with Crippen LogP contribution in [-0.2, 0) is 0 Å². The number of ether oxygens (including phenoxy) is 2. The van der Waals surface area contributed by atoms with Crippen molar-refractivity contribution in [2.45, 2.75) is 6.92 Å². The number of carbonyl (C=O) groups is 1. The van der Waals surface area contributed by atoms with E-state index in [0.717, 1.165) is 0 Å². The molecule has 2 aromatic rings. The second-order valence-electron chi connectivity index (χ2n) is 4.31. The Labute approximate surface area is 134 Å². The fraction of sp³-hybridized carbons (Fsp3) is 0.188. The van der Waals surface area contributed by atoms with Crippen LogP contribution < -0.4 is 20.1 Å². The van der Waals surface area contributed by atoms with E-state index >= 15 is 0 Å². The number of para-hydroxylation sites is 2. The van der Waals surface area contributed by atoms with Crippen molar-refractivity contribution < 1.29 is 14.3 Å². The minimum Gasteiger partial charge on any atom is -0.490 e. The minimum absolute atomic E-state index is 0.0243. The number of urea groups is 1. The molecule has 0 aliphatic rings. The second kappa shape index (κ2) is 8.14. The molecule has 6 heteroatoms. The van der Waals surface area contributed by atoms with E-state index in [1.165, 1.54) is 0 Å². The number of nitrogens with one attached hydrogen (secondary N) is 2. The first-order valence-electron chi connectivity index (χ1n) is 6.84. The molecule has 2 rings (SSSR count). The molecule has 0 aromatic heterocycles. The molecule has 0 fully saturated rings. The topological polar surface area (TPSA) is 59.6 Å². The molecule has 0 unspecified atom stereocenters. The Bertz CT molecular complexity index is 634. The van der Waals surface area contributed by atoms with E-state index < -0.39 is 0 Å². The van der Waals surface area contributed by atoms with Gasteiger partial charge in [0, 0.05) is 10.7 Å². The van der Waals surface area contributed by atoms with Gasteiger partial charge >= 0.3 is 6.03 Å². The molecule has 0 heterocycles. The monoisotopic (exact) mass is 320 g/mol. The summed E-state index contributed by atoms with van der Waals surface area (Å²) < 4.78 is 10.9. The summed E-state index contributed by atoms with van der Waals surface area (Å²) in [7, 11) is 0. The Morgan fingerprint density at radius 1 is 1.09 bits per heavy atom. The molecule has 2 N–H and O–H groups in total. The van der Waals surface area contributed by atoms with Gasteiger partial charge in [-0.15, -0.1) is 0 Å². The summed E-state index contributed by atoms with van der Waals surface area (Å²) in [6.45, 7) is 2.47. The summed E-state index contributed by atoms with van der Waals surface area (Å²) in [6, 6.07) is 13.8. The smallest absolute Gasteiger partial charge is 0.321 e. The van der Waals surface area contributed by atoms with E-state index in [1.54, 1.807) is 30.3 Å². The zero-order valence-corrected chi connectivity index (χ0v) is 12.9. The first kappa shape index (κ1) is 16.0. The number of hydrogen-bond acceptors (Lipinski definition) is 3. The lowest BCUT2D eigenvalue weighted by molar-refractivity contribution is 0.229. The fourth-order valence-corrected chi connectivity index (χ4v) is 1.96. The zero-order valence-electron chi connectivity index (χ0n) is 12.1. The van der Waals surface area contributed by atoms with Crippen LogP contribution in [-0.4, -0.2) is 19.4 Å². The number of hydrogen-bond donors (Lipinski definition) is 2. The number of rotatable bonds is 6. The van der Waals surface area contributed by atoms with Gasteiger partial charge < -0.3 is 20.1 Å². The van der Waals surface area contributed by atoms with Crippen molar-refractivity contribution in [3.63, 3.8) is 0 Å². The average molecular weight is 321 g/mol. The summed E-state index contributed by atoms with van der Waals surface area (Å²) in [5, 5.41) is 5.82. The van der Waals surface area contributed by atoms with Gasteiger partial charge in [0.2, 0.25) is 0 Å². The normalized spacial score (nSPS) is 9.91. The summed E-state index contributed by atoms with van der Waals surface area (Å²) >= 11 is 5.85. The van der Waals surface area contributed by atoms with Gasteiger partial charge in [-0.1, -0.05) is 29.8 Å². The molecule has 22 heavy (non-hydrogen) atoms. The van der Waals surface area contributed by atoms with E-state index in [-0.39, 0.29) is 12.8 Å². The first-order valence-corrected chi connectivity index (χ1v) is 7.22. The van der Waals surface area contributed by atoms with Gasteiger partial charge in [0.25, 0.3) is 0 Å². The molecule has 5 nitrogen and oxygen atoms in total. The van der Waals surface area contributed by atoms with Crippen LogP contribution in [0.2, 0.25) is 5.02 Å². The van der Waals surface area contributed by atoms with Gasteiger partial charge in [-0.2, -0.15) is 0 Å². The summed E-state index contributed by atoms with van der Waals surface area (Å²) in [6.07, 6.45) is 0. The van der Waals surface area contributed by atoms with Crippen LogP contribution in [0.5, 0.6) is 11.5 Å². The van der Waals surface area contributed by atoms with Crippen LogP contribution >= 0.6 is 11.6 Å². The van der Waals surface area contributed by atoms with Crippen molar-refractivity contribution in [2.75, 3.05) is 18.7 Å². The molecule has 0 spiro atoms. The number of anilines is 1. The molecule has 0 aliphatic carbocycles. The number of carbonyl (C=O) groups excluding carboxylic acids is 1. The van der Waals surface area contributed by atoms with Crippen molar-refractivity contribution >= 4 is 23.3 Å². The third-order valence-corrected chi connectivity index (χ3v) is 2.93. The standard InChI is InChI=1S/C16H17ClN2O3/c1-2-21-14-8-3-4-9-15(14)22-11-18-16(20)19-13-7-5-6-12(17)10-13/h3-10H,2,11H2,1H3,(H2,18,19,20). The molecule has 0 aliphatic heterocycles.